The Morgan fingerprint density at radius 1 is 1.00 bits per heavy atom. The molecule has 1 aliphatic heterocycles. The number of ether oxygens (including phenoxy) is 4. The number of rotatable bonds is 10. The van der Waals surface area contributed by atoms with Gasteiger partial charge < -0.3 is 34.3 Å². The van der Waals surface area contributed by atoms with E-state index in [1.165, 1.54) is 0 Å². The van der Waals surface area contributed by atoms with Gasteiger partial charge in [-0.05, 0) is 19.8 Å². The minimum atomic E-state index is -0.882. The highest BCUT2D eigenvalue weighted by Crippen LogP contribution is 2.30. The van der Waals surface area contributed by atoms with Gasteiger partial charge in [0.15, 0.2) is 0 Å². The van der Waals surface area contributed by atoms with Crippen LogP contribution in [0.25, 0.3) is 0 Å². The van der Waals surface area contributed by atoms with Crippen LogP contribution >= 0.6 is 0 Å². The van der Waals surface area contributed by atoms with Gasteiger partial charge in [0, 0.05) is 0 Å². The quantitative estimate of drug-likeness (QED) is 0.481. The summed E-state index contributed by atoms with van der Waals surface area (Å²) in [7, 11) is 0. The lowest BCUT2D eigenvalue weighted by molar-refractivity contribution is -0.269. The van der Waals surface area contributed by atoms with Gasteiger partial charge in [-0.15, -0.1) is 0 Å². The Hall–Kier alpha value is -0.280. The van der Waals surface area contributed by atoms with E-state index in [1.54, 1.807) is 0 Å². The van der Waals surface area contributed by atoms with Crippen LogP contribution in [0.15, 0.2) is 0 Å². The molecule has 1 heterocycles. The van der Waals surface area contributed by atoms with E-state index in [9.17, 15) is 5.11 Å². The monoisotopic (exact) mass is 336 g/mol. The third kappa shape index (κ3) is 6.26. The lowest BCUT2D eigenvalue weighted by Crippen LogP contribution is -2.62. The molecule has 0 spiro atoms. The molecule has 1 fully saturated rings. The Balaban J connectivity index is 2.87. The minimum Gasteiger partial charge on any atom is -0.394 e. The van der Waals surface area contributed by atoms with Gasteiger partial charge in [-0.3, -0.25) is 0 Å². The molecule has 0 radical (unpaired) electrons. The van der Waals surface area contributed by atoms with Crippen molar-refractivity contribution in [3.05, 3.63) is 0 Å². The Bertz CT molecular complexity index is 309. The first-order valence-electron chi connectivity index (χ1n) is 8.32. The summed E-state index contributed by atoms with van der Waals surface area (Å²) in [6, 6.07) is 0. The highest BCUT2D eigenvalue weighted by molar-refractivity contribution is 4.95. The predicted octanol–water partition coefficient (Wildman–Crippen LogP) is -0.0493. The van der Waals surface area contributed by atoms with Crippen LogP contribution in [0.5, 0.6) is 0 Å². The largest absolute Gasteiger partial charge is 0.394 e. The Kier molecular flexibility index (Phi) is 9.53. The van der Waals surface area contributed by atoms with Crippen molar-refractivity contribution < 1.29 is 34.3 Å². The average Bonchev–Trinajstić information content (AvgIpc) is 2.49. The standard InChI is InChI=1S/C16H32O7/c1-10(2)14-16(21-8-6-18)13(19)15(22-11(3)4)12(23-14)9-20-7-5-17/h10-19H,5-9H2,1-4H3. The maximum Gasteiger partial charge on any atom is 0.115 e. The van der Waals surface area contributed by atoms with Crippen LogP contribution in [0.4, 0.5) is 0 Å². The van der Waals surface area contributed by atoms with Crippen molar-refractivity contribution in [3.63, 3.8) is 0 Å². The summed E-state index contributed by atoms with van der Waals surface area (Å²) in [5.74, 6) is 0.119. The summed E-state index contributed by atoms with van der Waals surface area (Å²) < 4.78 is 22.9. The van der Waals surface area contributed by atoms with Crippen molar-refractivity contribution in [3.8, 4) is 0 Å². The normalized spacial score (nSPS) is 32.0. The molecule has 1 rings (SSSR count). The lowest BCUT2D eigenvalue weighted by Gasteiger charge is -2.46. The van der Waals surface area contributed by atoms with E-state index in [2.05, 4.69) is 0 Å². The van der Waals surface area contributed by atoms with Crippen molar-refractivity contribution in [1.29, 1.82) is 0 Å². The number of hydrogen-bond donors (Lipinski definition) is 3. The fourth-order valence-electron chi connectivity index (χ4n) is 2.76. The maximum absolute atomic E-state index is 10.7. The molecule has 1 saturated heterocycles. The topological polar surface area (TPSA) is 97.6 Å². The third-order valence-corrected chi connectivity index (χ3v) is 3.70. The van der Waals surface area contributed by atoms with E-state index in [0.29, 0.717) is 0 Å². The van der Waals surface area contributed by atoms with Gasteiger partial charge in [0.05, 0.1) is 45.2 Å². The Morgan fingerprint density at radius 3 is 2.17 bits per heavy atom. The van der Waals surface area contributed by atoms with Crippen molar-refractivity contribution in [2.24, 2.45) is 5.92 Å². The summed E-state index contributed by atoms with van der Waals surface area (Å²) in [6.45, 7) is 8.13. The molecule has 138 valence electrons. The van der Waals surface area contributed by atoms with Gasteiger partial charge in [0.25, 0.3) is 0 Å². The van der Waals surface area contributed by atoms with Crippen LogP contribution in [-0.2, 0) is 18.9 Å². The predicted molar refractivity (Wildman–Crippen MR) is 84.2 cm³/mol. The van der Waals surface area contributed by atoms with Gasteiger partial charge in [-0.2, -0.15) is 0 Å². The fourth-order valence-corrected chi connectivity index (χ4v) is 2.76. The second-order valence-corrected chi connectivity index (χ2v) is 6.38. The van der Waals surface area contributed by atoms with E-state index in [1.807, 2.05) is 27.7 Å². The zero-order chi connectivity index (χ0) is 17.4. The molecule has 5 atom stereocenters. The molecule has 7 heteroatoms. The van der Waals surface area contributed by atoms with Crippen LogP contribution in [0.3, 0.4) is 0 Å². The molecule has 0 aromatic rings. The van der Waals surface area contributed by atoms with Crippen LogP contribution in [0.1, 0.15) is 27.7 Å². The first-order chi connectivity index (χ1) is 10.9. The molecular formula is C16H32O7. The molecule has 0 amide bonds. The first-order valence-corrected chi connectivity index (χ1v) is 8.32. The highest BCUT2D eigenvalue weighted by atomic mass is 16.6. The van der Waals surface area contributed by atoms with E-state index in [4.69, 9.17) is 29.2 Å². The Labute approximate surface area is 138 Å². The molecule has 5 unspecified atom stereocenters. The van der Waals surface area contributed by atoms with Crippen molar-refractivity contribution in [1.82, 2.24) is 0 Å². The first kappa shape index (κ1) is 20.8. The fraction of sp³-hybridized carbons (Fsp3) is 1.00. The second kappa shape index (κ2) is 10.6. The molecule has 3 N–H and O–H groups in total. The SMILES string of the molecule is CC(C)OC1C(COCCO)OC(C(C)C)C(OCCO)C1O. The van der Waals surface area contributed by atoms with E-state index >= 15 is 0 Å². The van der Waals surface area contributed by atoms with Crippen molar-refractivity contribution in [2.75, 3.05) is 33.0 Å². The molecule has 23 heavy (non-hydrogen) atoms. The molecule has 1 aliphatic rings. The van der Waals surface area contributed by atoms with Crippen molar-refractivity contribution in [2.45, 2.75) is 64.3 Å². The number of aliphatic hydroxyl groups is 3. The zero-order valence-corrected chi connectivity index (χ0v) is 14.6. The van der Waals surface area contributed by atoms with E-state index < -0.39 is 24.4 Å². The second-order valence-electron chi connectivity index (χ2n) is 6.38. The van der Waals surface area contributed by atoms with E-state index in [0.717, 1.165) is 0 Å². The van der Waals surface area contributed by atoms with Crippen molar-refractivity contribution >= 4 is 0 Å². The Morgan fingerprint density at radius 2 is 1.65 bits per heavy atom. The van der Waals surface area contributed by atoms with E-state index in [-0.39, 0.29) is 51.2 Å². The molecule has 0 aromatic heterocycles. The van der Waals surface area contributed by atoms with Gasteiger partial charge in [0.1, 0.15) is 24.4 Å². The van der Waals surface area contributed by atoms with Gasteiger partial charge in [0.2, 0.25) is 0 Å². The molecule has 0 aromatic carbocycles. The molecule has 0 saturated carbocycles. The zero-order valence-electron chi connectivity index (χ0n) is 14.6. The average molecular weight is 336 g/mol. The molecule has 0 bridgehead atoms. The summed E-state index contributed by atoms with van der Waals surface area (Å²) in [4.78, 5) is 0. The molecular weight excluding hydrogens is 304 g/mol. The van der Waals surface area contributed by atoms with Crippen LogP contribution < -0.4 is 0 Å². The summed E-state index contributed by atoms with van der Waals surface area (Å²) >= 11 is 0. The van der Waals surface area contributed by atoms with Gasteiger partial charge in [-0.25, -0.2) is 0 Å². The number of aliphatic hydroxyl groups excluding tert-OH is 3. The highest BCUT2D eigenvalue weighted by Gasteiger charge is 2.47. The van der Waals surface area contributed by atoms with Gasteiger partial charge >= 0.3 is 0 Å². The number of hydrogen-bond acceptors (Lipinski definition) is 7. The summed E-state index contributed by atoms with van der Waals surface area (Å²) in [6.07, 6.45) is -2.90. The summed E-state index contributed by atoms with van der Waals surface area (Å²) in [5.41, 5.74) is 0. The van der Waals surface area contributed by atoms with Crippen LogP contribution in [-0.4, -0.2) is 85.0 Å². The van der Waals surface area contributed by atoms with Crippen LogP contribution in [0, 0.1) is 5.92 Å². The summed E-state index contributed by atoms with van der Waals surface area (Å²) in [5, 5.41) is 28.6. The third-order valence-electron chi connectivity index (χ3n) is 3.70. The maximum atomic E-state index is 10.7. The van der Waals surface area contributed by atoms with Gasteiger partial charge in [-0.1, -0.05) is 13.8 Å². The molecule has 0 aliphatic carbocycles. The molecule has 7 nitrogen and oxygen atoms in total. The van der Waals surface area contributed by atoms with Crippen LogP contribution in [0.2, 0.25) is 0 Å². The lowest BCUT2D eigenvalue weighted by atomic mass is 9.89. The smallest absolute Gasteiger partial charge is 0.115 e. The minimum absolute atomic E-state index is 0.0686.